The lowest BCUT2D eigenvalue weighted by Gasteiger charge is -2.16. The lowest BCUT2D eigenvalue weighted by atomic mass is 10.1. The zero-order chi connectivity index (χ0) is 13.7. The normalized spacial score (nSPS) is 16.1. The van der Waals surface area contributed by atoms with Gasteiger partial charge in [0.15, 0.2) is 12.2 Å². The van der Waals surface area contributed by atoms with Crippen molar-refractivity contribution in [3.63, 3.8) is 0 Å². The molecule has 0 aliphatic carbocycles. The Balaban J connectivity index is 4.45. The summed E-state index contributed by atoms with van der Waals surface area (Å²) in [6.45, 7) is 3.22. The molecule has 0 saturated heterocycles. The number of carboxylic acid groups (broad SMARTS) is 1. The maximum atomic E-state index is 11.2. The average molecular weight is 249 g/mol. The monoisotopic (exact) mass is 249 g/mol. The Morgan fingerprint density at radius 3 is 1.88 bits per heavy atom. The molecule has 0 aliphatic heterocycles. The van der Waals surface area contributed by atoms with Crippen LogP contribution in [0.3, 0.4) is 0 Å². The van der Waals surface area contributed by atoms with E-state index in [0.29, 0.717) is 0 Å². The van der Waals surface area contributed by atoms with Gasteiger partial charge in [-0.2, -0.15) is 0 Å². The summed E-state index contributed by atoms with van der Waals surface area (Å²) in [5, 5.41) is 26.2. The molecule has 2 unspecified atom stereocenters. The average Bonchev–Trinajstić information content (AvgIpc) is 2.25. The molecule has 0 amide bonds. The molecule has 0 rings (SSSR count). The van der Waals surface area contributed by atoms with Crippen molar-refractivity contribution in [2.45, 2.75) is 32.1 Å². The standard InChI is InChI=1S/C9H15NO7/c1-3(2)4(10)8(15)17-9(16)6(12)5(11)7(13)14/h3-6,11-12H,10H2,1-2H3,(H,13,14)/t4-,5?,6?/m0/s1. The van der Waals surface area contributed by atoms with Gasteiger partial charge in [-0.05, 0) is 5.92 Å². The molecule has 0 heterocycles. The largest absolute Gasteiger partial charge is 0.479 e. The molecular formula is C9H15NO7. The second-order valence-electron chi connectivity index (χ2n) is 3.74. The molecule has 17 heavy (non-hydrogen) atoms. The van der Waals surface area contributed by atoms with Crippen LogP contribution in [0.5, 0.6) is 0 Å². The third-order valence-corrected chi connectivity index (χ3v) is 1.99. The molecule has 8 heteroatoms. The first kappa shape index (κ1) is 15.5. The first-order chi connectivity index (χ1) is 7.68. The van der Waals surface area contributed by atoms with E-state index >= 15 is 0 Å². The van der Waals surface area contributed by atoms with E-state index in [-0.39, 0.29) is 5.92 Å². The van der Waals surface area contributed by atoms with Gasteiger partial charge in [-0.15, -0.1) is 0 Å². The number of aliphatic hydroxyl groups excluding tert-OH is 2. The fourth-order valence-corrected chi connectivity index (χ4v) is 0.764. The molecule has 0 aromatic heterocycles. The van der Waals surface area contributed by atoms with Gasteiger partial charge in [0, 0.05) is 0 Å². The van der Waals surface area contributed by atoms with Crippen LogP contribution in [0.1, 0.15) is 13.8 Å². The van der Waals surface area contributed by atoms with Gasteiger partial charge >= 0.3 is 17.9 Å². The van der Waals surface area contributed by atoms with Gasteiger partial charge in [-0.25, -0.2) is 14.4 Å². The van der Waals surface area contributed by atoms with Crippen molar-refractivity contribution in [1.82, 2.24) is 0 Å². The van der Waals surface area contributed by atoms with E-state index in [4.69, 9.17) is 21.1 Å². The minimum absolute atomic E-state index is 0.295. The predicted octanol–water partition coefficient (Wildman–Crippen LogP) is -2.15. The second-order valence-corrected chi connectivity index (χ2v) is 3.74. The Bertz CT molecular complexity index is 314. The van der Waals surface area contributed by atoms with Crippen molar-refractivity contribution in [2.24, 2.45) is 11.7 Å². The molecule has 0 aliphatic rings. The summed E-state index contributed by atoms with van der Waals surface area (Å²) in [6.07, 6.45) is -4.69. The molecule has 0 saturated carbocycles. The van der Waals surface area contributed by atoms with Crippen molar-refractivity contribution >= 4 is 17.9 Å². The lowest BCUT2D eigenvalue weighted by molar-refractivity contribution is -0.176. The summed E-state index contributed by atoms with van der Waals surface area (Å²) in [5.41, 5.74) is 5.36. The molecule has 0 spiro atoms. The van der Waals surface area contributed by atoms with Crippen molar-refractivity contribution in [2.75, 3.05) is 0 Å². The Hall–Kier alpha value is -1.51. The zero-order valence-electron chi connectivity index (χ0n) is 9.36. The summed E-state index contributed by atoms with van der Waals surface area (Å²) >= 11 is 0. The first-order valence-electron chi connectivity index (χ1n) is 4.78. The molecule has 3 atom stereocenters. The van der Waals surface area contributed by atoms with Crippen LogP contribution in [0.25, 0.3) is 0 Å². The van der Waals surface area contributed by atoms with Crippen LogP contribution in [-0.4, -0.2) is 51.5 Å². The van der Waals surface area contributed by atoms with Gasteiger partial charge in [0.25, 0.3) is 0 Å². The number of hydrogen-bond acceptors (Lipinski definition) is 7. The topological polar surface area (TPSA) is 147 Å². The van der Waals surface area contributed by atoms with Crippen LogP contribution in [0.2, 0.25) is 0 Å². The Labute approximate surface area is 97.0 Å². The van der Waals surface area contributed by atoms with Crippen LogP contribution in [-0.2, 0) is 19.1 Å². The number of esters is 2. The van der Waals surface area contributed by atoms with Crippen LogP contribution in [0.4, 0.5) is 0 Å². The van der Waals surface area contributed by atoms with E-state index in [1.807, 2.05) is 0 Å². The first-order valence-corrected chi connectivity index (χ1v) is 4.78. The zero-order valence-corrected chi connectivity index (χ0v) is 9.36. The third-order valence-electron chi connectivity index (χ3n) is 1.99. The van der Waals surface area contributed by atoms with Crippen LogP contribution in [0, 0.1) is 5.92 Å². The summed E-state index contributed by atoms with van der Waals surface area (Å²) in [7, 11) is 0. The Kier molecular flexibility index (Phi) is 5.72. The maximum Gasteiger partial charge on any atom is 0.346 e. The molecular weight excluding hydrogens is 234 g/mol. The van der Waals surface area contributed by atoms with E-state index in [9.17, 15) is 14.4 Å². The van der Waals surface area contributed by atoms with Gasteiger partial charge in [-0.3, -0.25) is 0 Å². The van der Waals surface area contributed by atoms with Crippen LogP contribution in [0.15, 0.2) is 0 Å². The second kappa shape index (κ2) is 6.28. The summed E-state index contributed by atoms with van der Waals surface area (Å²) in [5.74, 6) is -4.76. The van der Waals surface area contributed by atoms with Crippen molar-refractivity contribution < 1.29 is 34.4 Å². The highest BCUT2D eigenvalue weighted by atomic mass is 16.6. The molecule has 0 radical (unpaired) electrons. The highest BCUT2D eigenvalue weighted by Gasteiger charge is 2.34. The van der Waals surface area contributed by atoms with E-state index in [1.54, 1.807) is 13.8 Å². The smallest absolute Gasteiger partial charge is 0.346 e. The summed E-state index contributed by atoms with van der Waals surface area (Å²) < 4.78 is 4.13. The highest BCUT2D eigenvalue weighted by molar-refractivity contribution is 5.93. The SMILES string of the molecule is CC(C)[C@H](N)C(=O)OC(=O)C(O)C(O)C(=O)O. The fourth-order valence-electron chi connectivity index (χ4n) is 0.764. The molecule has 0 fully saturated rings. The number of carbonyl (C=O) groups excluding carboxylic acids is 2. The number of carbonyl (C=O) groups is 3. The quantitative estimate of drug-likeness (QED) is 0.318. The van der Waals surface area contributed by atoms with Gasteiger partial charge < -0.3 is 25.8 Å². The minimum atomic E-state index is -2.36. The van der Waals surface area contributed by atoms with Gasteiger partial charge in [-0.1, -0.05) is 13.8 Å². The van der Waals surface area contributed by atoms with E-state index in [1.165, 1.54) is 0 Å². The molecule has 5 N–H and O–H groups in total. The fraction of sp³-hybridized carbons (Fsp3) is 0.667. The lowest BCUT2D eigenvalue weighted by Crippen LogP contribution is -2.44. The number of aliphatic hydroxyl groups is 2. The molecule has 0 bridgehead atoms. The minimum Gasteiger partial charge on any atom is -0.479 e. The maximum absolute atomic E-state index is 11.2. The van der Waals surface area contributed by atoms with Gasteiger partial charge in [0.1, 0.15) is 6.04 Å². The number of carboxylic acids is 1. The number of aliphatic carboxylic acids is 1. The van der Waals surface area contributed by atoms with Gasteiger partial charge in [0.2, 0.25) is 0 Å². The molecule has 0 aromatic carbocycles. The van der Waals surface area contributed by atoms with Crippen LogP contribution < -0.4 is 5.73 Å². The van der Waals surface area contributed by atoms with Gasteiger partial charge in [0.05, 0.1) is 0 Å². The number of ether oxygens (including phenoxy) is 1. The van der Waals surface area contributed by atoms with Crippen molar-refractivity contribution in [1.29, 1.82) is 0 Å². The number of nitrogens with two attached hydrogens (primary N) is 1. The molecule has 0 aromatic rings. The molecule has 8 nitrogen and oxygen atoms in total. The van der Waals surface area contributed by atoms with Crippen molar-refractivity contribution in [3.8, 4) is 0 Å². The Morgan fingerprint density at radius 1 is 1.06 bits per heavy atom. The van der Waals surface area contributed by atoms with E-state index in [0.717, 1.165) is 0 Å². The predicted molar refractivity (Wildman–Crippen MR) is 53.6 cm³/mol. The number of hydrogen-bond donors (Lipinski definition) is 4. The van der Waals surface area contributed by atoms with E-state index in [2.05, 4.69) is 4.74 Å². The van der Waals surface area contributed by atoms with E-state index < -0.39 is 36.2 Å². The van der Waals surface area contributed by atoms with Crippen molar-refractivity contribution in [3.05, 3.63) is 0 Å². The third kappa shape index (κ3) is 4.47. The summed E-state index contributed by atoms with van der Waals surface area (Å²) in [6, 6.07) is -1.08. The number of rotatable bonds is 5. The van der Waals surface area contributed by atoms with Crippen LogP contribution >= 0.6 is 0 Å². The highest BCUT2D eigenvalue weighted by Crippen LogP contribution is 2.03. The summed E-state index contributed by atoms with van der Waals surface area (Å²) in [4.78, 5) is 32.5. The molecule has 98 valence electrons. The Morgan fingerprint density at radius 2 is 1.53 bits per heavy atom.